The molecule has 0 fully saturated rings. The quantitative estimate of drug-likeness (QED) is 0.476. The van der Waals surface area contributed by atoms with E-state index >= 15 is 0 Å². The molecule has 0 amide bonds. The molecular formula is C12H5ClF7O2-. The minimum atomic E-state index is -6.56. The fraction of sp³-hybridized carbons (Fsp3) is 0.250. The highest BCUT2D eigenvalue weighted by Gasteiger charge is 2.76. The van der Waals surface area contributed by atoms with Gasteiger partial charge in [0.15, 0.2) is 0 Å². The van der Waals surface area contributed by atoms with Gasteiger partial charge in [0, 0.05) is 5.02 Å². The van der Waals surface area contributed by atoms with E-state index in [1.165, 1.54) is 0 Å². The summed E-state index contributed by atoms with van der Waals surface area (Å²) in [6.45, 7) is 0. The van der Waals surface area contributed by atoms with Crippen molar-refractivity contribution in [3.05, 3.63) is 40.9 Å². The van der Waals surface area contributed by atoms with Crippen molar-refractivity contribution in [1.29, 1.82) is 0 Å². The molecule has 0 atom stereocenters. The van der Waals surface area contributed by atoms with Crippen molar-refractivity contribution >= 4 is 23.1 Å². The molecule has 0 N–H and O–H groups in total. The van der Waals surface area contributed by atoms with Crippen LogP contribution in [0.3, 0.4) is 0 Å². The highest BCUT2D eigenvalue weighted by atomic mass is 35.5. The van der Waals surface area contributed by atoms with Crippen LogP contribution < -0.4 is 5.11 Å². The summed E-state index contributed by atoms with van der Waals surface area (Å²) in [6.07, 6.45) is -13.7. The smallest absolute Gasteiger partial charge is 0.439 e. The largest absolute Gasteiger partial charge is 0.872 e. The number of carbonyl (C=O) groups excluding carboxylic acids is 1. The summed E-state index contributed by atoms with van der Waals surface area (Å²) in [5.41, 5.74) is -6.58. The maximum Gasteiger partial charge on any atom is 0.439 e. The van der Waals surface area contributed by atoms with Crippen molar-refractivity contribution in [3.63, 3.8) is 0 Å². The van der Waals surface area contributed by atoms with E-state index in [-0.39, 0.29) is 5.02 Å². The Hall–Kier alpha value is -1.77. The molecule has 0 bridgehead atoms. The first-order chi connectivity index (χ1) is 9.80. The Morgan fingerprint density at radius 1 is 0.955 bits per heavy atom. The first kappa shape index (κ1) is 18.3. The normalized spacial score (nSPS) is 14.1. The Bertz CT molecular complexity index is 573. The molecule has 0 heterocycles. The van der Waals surface area contributed by atoms with Gasteiger partial charge in [0.1, 0.15) is 0 Å². The van der Waals surface area contributed by atoms with Crippen LogP contribution in [0.1, 0.15) is 5.56 Å². The van der Waals surface area contributed by atoms with Crippen LogP contribution in [0.4, 0.5) is 30.7 Å². The van der Waals surface area contributed by atoms with E-state index in [9.17, 15) is 40.6 Å². The van der Waals surface area contributed by atoms with Crippen LogP contribution in [-0.2, 0) is 4.79 Å². The molecule has 1 aromatic rings. The molecule has 1 rings (SSSR count). The molecule has 122 valence electrons. The second kappa shape index (κ2) is 5.79. The van der Waals surface area contributed by atoms with Gasteiger partial charge in [0.05, 0.1) is 0 Å². The molecule has 0 saturated carbocycles. The Morgan fingerprint density at radius 2 is 1.36 bits per heavy atom. The standard InChI is InChI=1S/C12H6ClF7O2/c13-7-3-1-6(2-4-7)8(21)5-9(22)10(14,11(15,16)17)12(18,19)20/h1-5,21H/p-1/b8-5-. The Labute approximate surface area is 123 Å². The van der Waals surface area contributed by atoms with Crippen LogP contribution in [0, 0.1) is 0 Å². The molecule has 0 aliphatic rings. The molecule has 0 aliphatic carbocycles. The third kappa shape index (κ3) is 3.34. The van der Waals surface area contributed by atoms with Gasteiger partial charge in [-0.1, -0.05) is 29.5 Å². The maximum absolute atomic E-state index is 13.3. The lowest BCUT2D eigenvalue weighted by atomic mass is 9.97. The van der Waals surface area contributed by atoms with E-state index < -0.39 is 41.2 Å². The van der Waals surface area contributed by atoms with Gasteiger partial charge in [-0.25, -0.2) is 4.39 Å². The SMILES string of the molecule is O=C(/C=C(\[O-])c1ccc(Cl)cc1)C(F)(C(F)(F)F)C(F)(F)F. The number of alkyl halides is 7. The zero-order chi connectivity index (χ0) is 17.3. The molecule has 10 heteroatoms. The summed E-state index contributed by atoms with van der Waals surface area (Å²) in [6, 6.07) is 4.14. The number of hydrogen-bond donors (Lipinski definition) is 0. The average molecular weight is 350 g/mol. The number of rotatable bonds is 3. The number of ketones is 1. The third-order valence-electron chi connectivity index (χ3n) is 2.51. The highest BCUT2D eigenvalue weighted by Crippen LogP contribution is 2.47. The van der Waals surface area contributed by atoms with Gasteiger partial charge in [-0.05, 0) is 23.8 Å². The van der Waals surface area contributed by atoms with Crippen LogP contribution in [-0.4, -0.2) is 23.8 Å². The Balaban J connectivity index is 3.27. The van der Waals surface area contributed by atoms with Crippen molar-refractivity contribution in [2.75, 3.05) is 0 Å². The number of benzene rings is 1. The Morgan fingerprint density at radius 3 is 1.73 bits per heavy atom. The first-order valence-corrected chi connectivity index (χ1v) is 5.70. The van der Waals surface area contributed by atoms with E-state index in [1.54, 1.807) is 0 Å². The van der Waals surface area contributed by atoms with Crippen LogP contribution in [0.15, 0.2) is 30.3 Å². The summed E-state index contributed by atoms with van der Waals surface area (Å²) >= 11 is 5.47. The van der Waals surface area contributed by atoms with Gasteiger partial charge >= 0.3 is 18.0 Å². The van der Waals surface area contributed by atoms with Crippen molar-refractivity contribution in [1.82, 2.24) is 0 Å². The molecule has 0 radical (unpaired) electrons. The van der Waals surface area contributed by atoms with Gasteiger partial charge in [0.25, 0.3) is 0 Å². The second-order valence-electron chi connectivity index (χ2n) is 4.03. The van der Waals surface area contributed by atoms with Crippen LogP contribution in [0.5, 0.6) is 0 Å². The maximum atomic E-state index is 13.3. The zero-order valence-electron chi connectivity index (χ0n) is 10.2. The summed E-state index contributed by atoms with van der Waals surface area (Å²) in [4.78, 5) is 11.1. The lowest BCUT2D eigenvalue weighted by molar-refractivity contribution is -0.323. The predicted molar refractivity (Wildman–Crippen MR) is 60.4 cm³/mol. The lowest BCUT2D eigenvalue weighted by Gasteiger charge is -2.28. The lowest BCUT2D eigenvalue weighted by Crippen LogP contribution is -2.58. The summed E-state index contributed by atoms with van der Waals surface area (Å²) < 4.78 is 87.1. The van der Waals surface area contributed by atoms with Gasteiger partial charge < -0.3 is 5.11 Å². The summed E-state index contributed by atoms with van der Waals surface area (Å²) in [5, 5.41) is 11.6. The summed E-state index contributed by atoms with van der Waals surface area (Å²) in [7, 11) is 0. The topological polar surface area (TPSA) is 40.1 Å². The number of halogens is 8. The van der Waals surface area contributed by atoms with Crippen molar-refractivity contribution in [3.8, 4) is 0 Å². The van der Waals surface area contributed by atoms with Crippen molar-refractivity contribution in [2.24, 2.45) is 0 Å². The van der Waals surface area contributed by atoms with E-state index in [1.807, 2.05) is 0 Å². The minimum Gasteiger partial charge on any atom is -0.872 e. The fourth-order valence-corrected chi connectivity index (χ4v) is 1.48. The van der Waals surface area contributed by atoms with Crippen LogP contribution in [0.2, 0.25) is 5.02 Å². The molecule has 0 aliphatic heterocycles. The fourth-order valence-electron chi connectivity index (χ4n) is 1.36. The molecule has 0 unspecified atom stereocenters. The van der Waals surface area contributed by atoms with Gasteiger partial charge in [-0.2, -0.15) is 26.3 Å². The second-order valence-corrected chi connectivity index (χ2v) is 4.47. The van der Waals surface area contributed by atoms with E-state index in [0.29, 0.717) is 0 Å². The van der Waals surface area contributed by atoms with E-state index in [4.69, 9.17) is 11.6 Å². The average Bonchev–Trinajstić information content (AvgIpc) is 2.35. The van der Waals surface area contributed by atoms with E-state index in [0.717, 1.165) is 24.3 Å². The molecule has 2 nitrogen and oxygen atoms in total. The molecule has 0 saturated heterocycles. The number of carbonyl (C=O) groups is 1. The third-order valence-corrected chi connectivity index (χ3v) is 2.76. The molecule has 0 aromatic heterocycles. The van der Waals surface area contributed by atoms with Crippen molar-refractivity contribution < 1.29 is 40.6 Å². The minimum absolute atomic E-state index is 0.133. The van der Waals surface area contributed by atoms with Crippen LogP contribution in [0.25, 0.3) is 5.76 Å². The zero-order valence-corrected chi connectivity index (χ0v) is 11.0. The Kier molecular flexibility index (Phi) is 4.81. The van der Waals surface area contributed by atoms with Gasteiger partial charge in [-0.15, -0.1) is 0 Å². The van der Waals surface area contributed by atoms with Gasteiger partial charge in [0.2, 0.25) is 5.78 Å². The van der Waals surface area contributed by atoms with E-state index in [2.05, 4.69) is 0 Å². The number of hydrogen-bond acceptors (Lipinski definition) is 2. The van der Waals surface area contributed by atoms with Crippen molar-refractivity contribution in [2.45, 2.75) is 18.0 Å². The predicted octanol–water partition coefficient (Wildman–Crippen LogP) is 3.44. The monoisotopic (exact) mass is 349 g/mol. The van der Waals surface area contributed by atoms with Crippen LogP contribution >= 0.6 is 11.6 Å². The highest BCUT2D eigenvalue weighted by molar-refractivity contribution is 6.30. The first-order valence-electron chi connectivity index (χ1n) is 5.32. The van der Waals surface area contributed by atoms with Gasteiger partial charge in [-0.3, -0.25) is 4.79 Å². The molecular weight excluding hydrogens is 345 g/mol. The number of allylic oxidation sites excluding steroid dienone is 1. The molecule has 22 heavy (non-hydrogen) atoms. The molecule has 1 aromatic carbocycles. The molecule has 0 spiro atoms. The summed E-state index contributed by atoms with van der Waals surface area (Å²) in [5.74, 6) is -4.57.